The second-order valence-corrected chi connectivity index (χ2v) is 10.1. The number of likely N-dealkylation sites (tertiary alicyclic amines) is 1. The van der Waals surface area contributed by atoms with Crippen molar-refractivity contribution in [2.45, 2.75) is 61.8 Å². The predicted octanol–water partition coefficient (Wildman–Crippen LogP) is 2.84. The number of amides is 1. The molecule has 5 atom stereocenters. The first kappa shape index (κ1) is 20.8. The summed E-state index contributed by atoms with van der Waals surface area (Å²) in [6, 6.07) is 10.9. The molecule has 2 unspecified atom stereocenters. The zero-order valence-electron chi connectivity index (χ0n) is 18.9. The molecular formula is C27H30N2O4. The Hall–Kier alpha value is -2.83. The molecule has 1 saturated carbocycles. The summed E-state index contributed by atoms with van der Waals surface area (Å²) in [5, 5.41) is 26.3. The number of phenolic OH excluding ortho intramolecular Hbond substituents is 1. The van der Waals surface area contributed by atoms with Gasteiger partial charge in [0.05, 0.1) is 17.1 Å². The van der Waals surface area contributed by atoms with Gasteiger partial charge >= 0.3 is 0 Å². The lowest BCUT2D eigenvalue weighted by Crippen LogP contribution is -2.78. The van der Waals surface area contributed by atoms with Gasteiger partial charge in [-0.25, -0.2) is 0 Å². The highest BCUT2D eigenvalue weighted by Crippen LogP contribution is 2.65. The molecule has 6 heteroatoms. The smallest absolute Gasteiger partial charge is 0.251 e. The van der Waals surface area contributed by atoms with E-state index < -0.39 is 17.1 Å². The minimum atomic E-state index is -0.991. The number of nitrogens with one attached hydrogen (secondary N) is 1. The monoisotopic (exact) mass is 446 g/mol. The minimum absolute atomic E-state index is 0.0493. The van der Waals surface area contributed by atoms with Crippen LogP contribution in [0.4, 0.5) is 0 Å². The van der Waals surface area contributed by atoms with Crippen LogP contribution in [0.3, 0.4) is 0 Å². The van der Waals surface area contributed by atoms with Crippen LogP contribution in [0.1, 0.15) is 46.3 Å². The molecule has 33 heavy (non-hydrogen) atoms. The summed E-state index contributed by atoms with van der Waals surface area (Å²) in [6.45, 7) is 7.42. The molecule has 2 aliphatic heterocycles. The Kier molecular flexibility index (Phi) is 4.45. The number of nitrogens with zero attached hydrogens (tertiary/aromatic N) is 1. The second-order valence-electron chi connectivity index (χ2n) is 10.1. The second kappa shape index (κ2) is 7.08. The molecule has 4 aliphatic rings. The summed E-state index contributed by atoms with van der Waals surface area (Å²) >= 11 is 0. The van der Waals surface area contributed by atoms with Gasteiger partial charge in [-0.15, -0.1) is 6.58 Å². The maximum absolute atomic E-state index is 13.1. The number of carbonyl (C=O) groups is 1. The molecule has 0 aromatic heterocycles. The Morgan fingerprint density at radius 2 is 2.18 bits per heavy atom. The minimum Gasteiger partial charge on any atom is -0.504 e. The molecule has 3 N–H and O–H groups in total. The van der Waals surface area contributed by atoms with Crippen molar-refractivity contribution < 1.29 is 19.7 Å². The fourth-order valence-corrected chi connectivity index (χ4v) is 7.20. The molecule has 1 amide bonds. The van der Waals surface area contributed by atoms with Crippen LogP contribution in [0.5, 0.6) is 11.5 Å². The number of aliphatic hydroxyl groups is 1. The number of hydrogen-bond acceptors (Lipinski definition) is 5. The van der Waals surface area contributed by atoms with Gasteiger partial charge in [0.1, 0.15) is 6.10 Å². The van der Waals surface area contributed by atoms with E-state index in [0.717, 1.165) is 29.8 Å². The van der Waals surface area contributed by atoms with Gasteiger partial charge in [-0.2, -0.15) is 0 Å². The molecule has 0 radical (unpaired) electrons. The number of phenols is 1. The summed E-state index contributed by atoms with van der Waals surface area (Å²) in [5.41, 5.74) is 2.09. The predicted molar refractivity (Wildman–Crippen MR) is 125 cm³/mol. The van der Waals surface area contributed by atoms with Crippen molar-refractivity contribution in [2.75, 3.05) is 13.1 Å². The van der Waals surface area contributed by atoms with E-state index in [1.54, 1.807) is 6.07 Å². The summed E-state index contributed by atoms with van der Waals surface area (Å²) in [6.07, 6.45) is 4.07. The lowest BCUT2D eigenvalue weighted by Gasteiger charge is -2.64. The van der Waals surface area contributed by atoms with E-state index in [-0.39, 0.29) is 23.7 Å². The van der Waals surface area contributed by atoms with Crippen LogP contribution in [-0.2, 0) is 11.8 Å². The SMILES string of the molecule is C=CCN1CC[C@]23c4c5ccc(O)c4OC2C(NC(=O)c2cccc(C)c2)CC[C@@]3(O)[C@H]1C5. The molecule has 6 nitrogen and oxygen atoms in total. The fraction of sp³-hybridized carbons (Fsp3) is 0.444. The van der Waals surface area contributed by atoms with E-state index in [1.807, 2.05) is 43.3 Å². The molecule has 1 saturated heterocycles. The number of rotatable bonds is 4. The third kappa shape index (κ3) is 2.65. The quantitative estimate of drug-likeness (QED) is 0.630. The van der Waals surface area contributed by atoms with Crippen molar-refractivity contribution in [1.29, 1.82) is 0 Å². The molecule has 2 fully saturated rings. The van der Waals surface area contributed by atoms with Crippen LogP contribution < -0.4 is 10.1 Å². The van der Waals surface area contributed by atoms with Crippen LogP contribution in [-0.4, -0.2) is 57.9 Å². The Labute approximate surface area is 193 Å². The van der Waals surface area contributed by atoms with E-state index in [1.165, 1.54) is 0 Å². The van der Waals surface area contributed by atoms with Crippen molar-refractivity contribution in [3.05, 3.63) is 71.3 Å². The van der Waals surface area contributed by atoms with Crippen molar-refractivity contribution in [1.82, 2.24) is 10.2 Å². The van der Waals surface area contributed by atoms with E-state index in [9.17, 15) is 15.0 Å². The van der Waals surface area contributed by atoms with Gasteiger partial charge < -0.3 is 20.3 Å². The van der Waals surface area contributed by atoms with Crippen LogP contribution in [0.2, 0.25) is 0 Å². The van der Waals surface area contributed by atoms with E-state index in [4.69, 9.17) is 4.74 Å². The Morgan fingerprint density at radius 3 is 2.97 bits per heavy atom. The molecule has 2 aromatic carbocycles. The van der Waals surface area contributed by atoms with Gasteiger partial charge in [-0.1, -0.05) is 29.8 Å². The lowest BCUT2D eigenvalue weighted by molar-refractivity contribution is -0.188. The number of carbonyl (C=O) groups excluding carboxylic acids is 1. The van der Waals surface area contributed by atoms with Crippen LogP contribution in [0.15, 0.2) is 49.1 Å². The van der Waals surface area contributed by atoms with E-state index >= 15 is 0 Å². The number of aryl methyl sites for hydroxylation is 1. The third-order valence-corrected chi connectivity index (χ3v) is 8.53. The van der Waals surface area contributed by atoms with Crippen molar-refractivity contribution >= 4 is 5.91 Å². The first-order valence-electron chi connectivity index (χ1n) is 11.9. The third-order valence-electron chi connectivity index (χ3n) is 8.53. The molecule has 2 aromatic rings. The molecule has 2 heterocycles. The number of hydrogen-bond donors (Lipinski definition) is 3. The van der Waals surface area contributed by atoms with Gasteiger partial charge in [0.25, 0.3) is 5.91 Å². The standard InChI is InChI=1S/C27H30N2O4/c1-3-12-29-13-11-26-22-17-7-8-20(30)23(22)33-24(26)19(9-10-27(26,32)21(29)15-17)28-25(31)18-6-4-5-16(2)14-18/h3-8,14,19,21,24,30,32H,1,9-13,15H2,2H3,(H,28,31)/t19?,21-,24?,26+,27-/m1/s1. The van der Waals surface area contributed by atoms with Gasteiger partial charge in [0.15, 0.2) is 11.5 Å². The first-order chi connectivity index (χ1) is 15.9. The summed E-state index contributed by atoms with van der Waals surface area (Å²) in [7, 11) is 0. The largest absolute Gasteiger partial charge is 0.504 e. The lowest BCUT2D eigenvalue weighted by atomic mass is 9.48. The topological polar surface area (TPSA) is 82.0 Å². The summed E-state index contributed by atoms with van der Waals surface area (Å²) in [5.74, 6) is 0.463. The van der Waals surface area contributed by atoms with Crippen molar-refractivity contribution in [2.24, 2.45) is 0 Å². The molecule has 2 bridgehead atoms. The maximum atomic E-state index is 13.1. The molecule has 172 valence electrons. The number of aromatic hydroxyl groups is 1. The molecular weight excluding hydrogens is 416 g/mol. The highest BCUT2D eigenvalue weighted by atomic mass is 16.5. The van der Waals surface area contributed by atoms with Gasteiger partial charge in [-0.3, -0.25) is 9.69 Å². The van der Waals surface area contributed by atoms with E-state index in [0.29, 0.717) is 37.0 Å². The number of benzene rings is 2. The van der Waals surface area contributed by atoms with Crippen molar-refractivity contribution in [3.63, 3.8) is 0 Å². The Balaban J connectivity index is 1.43. The fourth-order valence-electron chi connectivity index (χ4n) is 7.20. The normalized spacial score (nSPS) is 33.7. The van der Waals surface area contributed by atoms with E-state index in [2.05, 4.69) is 16.8 Å². The highest BCUT2D eigenvalue weighted by molar-refractivity contribution is 5.94. The number of ether oxygens (including phenoxy) is 1. The summed E-state index contributed by atoms with van der Waals surface area (Å²) in [4.78, 5) is 15.5. The molecule has 6 rings (SSSR count). The maximum Gasteiger partial charge on any atom is 0.251 e. The van der Waals surface area contributed by atoms with Crippen LogP contribution in [0.25, 0.3) is 0 Å². The van der Waals surface area contributed by atoms with Gasteiger partial charge in [-0.05, 0) is 62.9 Å². The first-order valence-corrected chi connectivity index (χ1v) is 11.9. The summed E-state index contributed by atoms with van der Waals surface area (Å²) < 4.78 is 6.48. The molecule has 2 aliphatic carbocycles. The van der Waals surface area contributed by atoms with Gasteiger partial charge in [0.2, 0.25) is 0 Å². The van der Waals surface area contributed by atoms with Crippen LogP contribution in [0, 0.1) is 6.92 Å². The average Bonchev–Trinajstić information content (AvgIpc) is 3.15. The average molecular weight is 447 g/mol. The van der Waals surface area contributed by atoms with Crippen LogP contribution >= 0.6 is 0 Å². The highest BCUT2D eigenvalue weighted by Gasteiger charge is 2.72. The number of piperidine rings is 1. The zero-order chi connectivity index (χ0) is 23.0. The van der Waals surface area contributed by atoms with Crippen molar-refractivity contribution in [3.8, 4) is 11.5 Å². The molecule has 1 spiro atoms. The van der Waals surface area contributed by atoms with Gasteiger partial charge in [0, 0.05) is 23.7 Å². The Morgan fingerprint density at radius 1 is 1.33 bits per heavy atom. The Bertz CT molecular complexity index is 1160. The zero-order valence-corrected chi connectivity index (χ0v) is 18.9.